The molecule has 2 aromatic rings. The van der Waals surface area contributed by atoms with E-state index in [0.717, 1.165) is 24.3 Å². The van der Waals surface area contributed by atoms with Gasteiger partial charge in [0.15, 0.2) is 11.7 Å². The van der Waals surface area contributed by atoms with Crippen LogP contribution >= 0.6 is 0 Å². The molecule has 1 heterocycles. The normalized spacial score (nSPS) is 12.1. The number of hydrogen-bond donors (Lipinski definition) is 1. The highest BCUT2D eigenvalue weighted by Crippen LogP contribution is 2.23. The standard InChI is InChI=1S/C16H11F3N2O4/c17-16(18,19)25-11-5-3-10(4-6-11)14(22)13(8-20)15(23)21-9-12-2-1-7-24-12/h1-7,13H,9H2,(H,21,23)/t13-/m1/s1. The van der Waals surface area contributed by atoms with Gasteiger partial charge in [0.2, 0.25) is 5.91 Å². The lowest BCUT2D eigenvalue weighted by atomic mass is 9.98. The molecule has 0 fully saturated rings. The smallest absolute Gasteiger partial charge is 0.467 e. The molecular weight excluding hydrogens is 341 g/mol. The molecule has 0 radical (unpaired) electrons. The zero-order chi connectivity index (χ0) is 18.4. The Morgan fingerprint density at radius 2 is 1.92 bits per heavy atom. The summed E-state index contributed by atoms with van der Waals surface area (Å²) in [5.74, 6) is -3.38. The Morgan fingerprint density at radius 1 is 1.24 bits per heavy atom. The van der Waals surface area contributed by atoms with Crippen LogP contribution < -0.4 is 10.1 Å². The second-order valence-corrected chi connectivity index (χ2v) is 4.80. The summed E-state index contributed by atoms with van der Waals surface area (Å²) in [5.41, 5.74) is -0.0887. The van der Waals surface area contributed by atoms with Crippen molar-refractivity contribution < 1.29 is 31.9 Å². The summed E-state index contributed by atoms with van der Waals surface area (Å²) in [6.07, 6.45) is -3.45. The van der Waals surface area contributed by atoms with Gasteiger partial charge in [0.05, 0.1) is 18.9 Å². The number of carbonyl (C=O) groups is 2. The minimum atomic E-state index is -4.85. The molecule has 25 heavy (non-hydrogen) atoms. The van der Waals surface area contributed by atoms with Gasteiger partial charge in [-0.15, -0.1) is 13.2 Å². The van der Waals surface area contributed by atoms with E-state index in [1.165, 1.54) is 6.26 Å². The molecule has 0 aliphatic heterocycles. The zero-order valence-corrected chi connectivity index (χ0v) is 12.5. The highest BCUT2D eigenvalue weighted by Gasteiger charge is 2.31. The highest BCUT2D eigenvalue weighted by atomic mass is 19.4. The van der Waals surface area contributed by atoms with Gasteiger partial charge in [0.1, 0.15) is 11.5 Å². The van der Waals surface area contributed by atoms with Crippen LogP contribution in [0.3, 0.4) is 0 Å². The maximum atomic E-state index is 12.2. The van der Waals surface area contributed by atoms with Gasteiger partial charge < -0.3 is 14.5 Å². The number of carbonyl (C=O) groups excluding carboxylic acids is 2. The molecule has 6 nitrogen and oxygen atoms in total. The predicted molar refractivity (Wildman–Crippen MR) is 77.1 cm³/mol. The number of rotatable bonds is 6. The summed E-state index contributed by atoms with van der Waals surface area (Å²) >= 11 is 0. The van der Waals surface area contributed by atoms with Crippen LogP contribution in [0.5, 0.6) is 5.75 Å². The number of hydrogen-bond acceptors (Lipinski definition) is 5. The molecule has 9 heteroatoms. The average molecular weight is 352 g/mol. The Morgan fingerprint density at radius 3 is 2.44 bits per heavy atom. The Labute approximate surface area is 139 Å². The number of nitrogens with zero attached hydrogens (tertiary/aromatic N) is 1. The third-order valence-corrected chi connectivity index (χ3v) is 3.04. The molecule has 1 atom stereocenters. The van der Waals surface area contributed by atoms with E-state index >= 15 is 0 Å². The fourth-order valence-electron chi connectivity index (χ4n) is 1.91. The number of nitrogens with one attached hydrogen (secondary N) is 1. The molecule has 130 valence electrons. The van der Waals surface area contributed by atoms with Crippen molar-refractivity contribution in [1.29, 1.82) is 5.26 Å². The van der Waals surface area contributed by atoms with Gasteiger partial charge in [-0.25, -0.2) is 0 Å². The lowest BCUT2D eigenvalue weighted by Gasteiger charge is -2.11. The summed E-state index contributed by atoms with van der Waals surface area (Å²) in [4.78, 5) is 24.2. The topological polar surface area (TPSA) is 92.3 Å². The van der Waals surface area contributed by atoms with E-state index < -0.39 is 29.7 Å². The van der Waals surface area contributed by atoms with Crippen LogP contribution in [0.1, 0.15) is 16.1 Å². The molecule has 1 N–H and O–H groups in total. The Kier molecular flexibility index (Phi) is 5.44. The Balaban J connectivity index is 2.03. The summed E-state index contributed by atoms with van der Waals surface area (Å²) in [6, 6.07) is 8.74. The molecule has 0 spiro atoms. The number of furan rings is 1. The highest BCUT2D eigenvalue weighted by molar-refractivity contribution is 6.12. The number of alkyl halides is 3. The van der Waals surface area contributed by atoms with E-state index in [2.05, 4.69) is 10.1 Å². The van der Waals surface area contributed by atoms with Crippen LogP contribution in [0.4, 0.5) is 13.2 Å². The quantitative estimate of drug-likeness (QED) is 0.637. The van der Waals surface area contributed by atoms with Gasteiger partial charge in [0, 0.05) is 5.56 Å². The first-order chi connectivity index (χ1) is 11.8. The minimum Gasteiger partial charge on any atom is -0.467 e. The van der Waals surface area contributed by atoms with Gasteiger partial charge >= 0.3 is 6.36 Å². The molecule has 0 aliphatic rings. The lowest BCUT2D eigenvalue weighted by molar-refractivity contribution is -0.274. The van der Waals surface area contributed by atoms with E-state index in [1.54, 1.807) is 18.2 Å². The first kappa shape index (κ1) is 18.1. The first-order valence-electron chi connectivity index (χ1n) is 6.90. The summed E-state index contributed by atoms with van der Waals surface area (Å²) in [7, 11) is 0. The monoisotopic (exact) mass is 352 g/mol. The molecular formula is C16H11F3N2O4. The third-order valence-electron chi connectivity index (χ3n) is 3.04. The van der Waals surface area contributed by atoms with Crippen molar-refractivity contribution in [2.75, 3.05) is 0 Å². The van der Waals surface area contributed by atoms with Crippen molar-refractivity contribution in [1.82, 2.24) is 5.32 Å². The Hall–Kier alpha value is -3.28. The van der Waals surface area contributed by atoms with Crippen LogP contribution in [0.15, 0.2) is 47.1 Å². The minimum absolute atomic E-state index is 0.00431. The second-order valence-electron chi connectivity index (χ2n) is 4.80. The summed E-state index contributed by atoms with van der Waals surface area (Å²) in [6.45, 7) is -0.00431. The molecule has 0 unspecified atom stereocenters. The largest absolute Gasteiger partial charge is 0.573 e. The zero-order valence-electron chi connectivity index (χ0n) is 12.5. The number of amides is 1. The van der Waals surface area contributed by atoms with Crippen molar-refractivity contribution in [3.05, 3.63) is 54.0 Å². The van der Waals surface area contributed by atoms with Crippen LogP contribution in [0.25, 0.3) is 0 Å². The predicted octanol–water partition coefficient (Wildman–Crippen LogP) is 2.82. The van der Waals surface area contributed by atoms with Crippen LogP contribution in [-0.4, -0.2) is 18.1 Å². The third kappa shape index (κ3) is 5.10. The first-order valence-corrected chi connectivity index (χ1v) is 6.90. The molecule has 2 rings (SSSR count). The number of Topliss-reactive ketones (excluding diaryl/α,β-unsaturated/α-hetero) is 1. The summed E-state index contributed by atoms with van der Waals surface area (Å²) < 4.78 is 45.0. The van der Waals surface area contributed by atoms with Crippen LogP contribution in [0, 0.1) is 17.2 Å². The van der Waals surface area contributed by atoms with Crippen molar-refractivity contribution in [3.8, 4) is 11.8 Å². The van der Waals surface area contributed by atoms with Gasteiger partial charge in [-0.1, -0.05) is 0 Å². The van der Waals surface area contributed by atoms with Gasteiger partial charge in [-0.05, 0) is 36.4 Å². The number of nitriles is 1. The van der Waals surface area contributed by atoms with Crippen LogP contribution in [0.2, 0.25) is 0 Å². The van der Waals surface area contributed by atoms with Crippen molar-refractivity contribution >= 4 is 11.7 Å². The molecule has 0 aliphatic carbocycles. The summed E-state index contributed by atoms with van der Waals surface area (Å²) in [5, 5.41) is 11.4. The number of halogens is 3. The maximum absolute atomic E-state index is 12.2. The second kappa shape index (κ2) is 7.53. The number of ether oxygens (including phenoxy) is 1. The van der Waals surface area contributed by atoms with E-state index in [0.29, 0.717) is 5.76 Å². The number of benzene rings is 1. The fourth-order valence-corrected chi connectivity index (χ4v) is 1.91. The molecule has 1 aromatic heterocycles. The molecule has 0 saturated carbocycles. The molecule has 0 bridgehead atoms. The van der Waals surface area contributed by atoms with E-state index in [9.17, 15) is 22.8 Å². The van der Waals surface area contributed by atoms with Gasteiger partial charge in [-0.3, -0.25) is 9.59 Å². The van der Waals surface area contributed by atoms with Crippen molar-refractivity contribution in [3.63, 3.8) is 0 Å². The molecule has 0 saturated heterocycles. The van der Waals surface area contributed by atoms with E-state index in [-0.39, 0.29) is 12.1 Å². The van der Waals surface area contributed by atoms with Crippen molar-refractivity contribution in [2.45, 2.75) is 12.9 Å². The fraction of sp³-hybridized carbons (Fsp3) is 0.188. The average Bonchev–Trinajstić information content (AvgIpc) is 3.06. The molecule has 1 aromatic carbocycles. The molecule has 1 amide bonds. The Bertz CT molecular complexity index is 777. The van der Waals surface area contributed by atoms with Crippen molar-refractivity contribution in [2.24, 2.45) is 5.92 Å². The number of ketones is 1. The lowest BCUT2D eigenvalue weighted by Crippen LogP contribution is -2.34. The van der Waals surface area contributed by atoms with Gasteiger partial charge in [-0.2, -0.15) is 5.26 Å². The van der Waals surface area contributed by atoms with Gasteiger partial charge in [0.25, 0.3) is 0 Å². The van der Waals surface area contributed by atoms with Crippen LogP contribution in [-0.2, 0) is 11.3 Å². The maximum Gasteiger partial charge on any atom is 0.573 e. The van der Waals surface area contributed by atoms with E-state index in [1.807, 2.05) is 0 Å². The SMILES string of the molecule is N#C[C@@H](C(=O)NCc1ccco1)C(=O)c1ccc(OC(F)(F)F)cc1. The van der Waals surface area contributed by atoms with E-state index in [4.69, 9.17) is 9.68 Å².